The van der Waals surface area contributed by atoms with Crippen LogP contribution in [0.5, 0.6) is 0 Å². The van der Waals surface area contributed by atoms with E-state index < -0.39 is 10.0 Å². The first kappa shape index (κ1) is 13.7. The molecular weight excluding hydrogens is 278 g/mol. The number of hydrogen-bond donors (Lipinski definition) is 0. The molecular formula is C7H15BrClNO2S. The van der Waals surface area contributed by atoms with E-state index in [1.807, 2.05) is 0 Å². The first-order valence-corrected chi connectivity index (χ1v) is 7.12. The Labute approximate surface area is 93.8 Å². The molecule has 0 saturated carbocycles. The number of alkyl halides is 1. The summed E-state index contributed by atoms with van der Waals surface area (Å²) in [5.74, 6) is 0.129. The van der Waals surface area contributed by atoms with Crippen molar-refractivity contribution < 1.29 is 8.42 Å². The van der Waals surface area contributed by atoms with Gasteiger partial charge in [0.05, 0.1) is 5.75 Å². The normalized spacial score (nSPS) is 12.3. The Balaban J connectivity index is 3.87. The maximum atomic E-state index is 11.3. The largest absolute Gasteiger partial charge is 0.224 e. The lowest BCUT2D eigenvalue weighted by Gasteiger charge is -2.13. The molecule has 0 aromatic heterocycles. The third-order valence-electron chi connectivity index (χ3n) is 1.57. The summed E-state index contributed by atoms with van der Waals surface area (Å²) in [5, 5.41) is 0. The van der Waals surface area contributed by atoms with E-state index in [1.54, 1.807) is 0 Å². The van der Waals surface area contributed by atoms with Crippen LogP contribution < -0.4 is 0 Å². The Kier molecular flexibility index (Phi) is 7.40. The summed E-state index contributed by atoms with van der Waals surface area (Å²) in [5.41, 5.74) is 0. The molecule has 80 valence electrons. The molecule has 0 heterocycles. The van der Waals surface area contributed by atoms with Crippen LogP contribution in [0.1, 0.15) is 26.2 Å². The van der Waals surface area contributed by atoms with E-state index in [4.69, 9.17) is 11.6 Å². The van der Waals surface area contributed by atoms with Crippen molar-refractivity contribution in [3.05, 3.63) is 0 Å². The molecule has 3 nitrogen and oxygen atoms in total. The number of rotatable bonds is 7. The number of halogens is 2. The van der Waals surface area contributed by atoms with Gasteiger partial charge in [0.2, 0.25) is 10.0 Å². The topological polar surface area (TPSA) is 37.4 Å². The van der Waals surface area contributed by atoms with Gasteiger partial charge in [0.1, 0.15) is 0 Å². The van der Waals surface area contributed by atoms with Gasteiger partial charge in [-0.2, -0.15) is 0 Å². The van der Waals surface area contributed by atoms with Gasteiger partial charge in [0.25, 0.3) is 0 Å². The van der Waals surface area contributed by atoms with Gasteiger partial charge in [0.15, 0.2) is 0 Å². The molecule has 0 unspecified atom stereocenters. The van der Waals surface area contributed by atoms with Crippen LogP contribution in [-0.2, 0) is 10.0 Å². The minimum atomic E-state index is -3.17. The minimum absolute atomic E-state index is 0.00801. The SMILES string of the molecule is CCCCCN(Br)S(=O)(=O)CCCl. The van der Waals surface area contributed by atoms with Crippen molar-refractivity contribution in [2.45, 2.75) is 26.2 Å². The lowest BCUT2D eigenvalue weighted by molar-refractivity contribution is 0.535. The van der Waals surface area contributed by atoms with E-state index in [0.717, 1.165) is 19.3 Å². The van der Waals surface area contributed by atoms with Crippen molar-refractivity contribution in [1.82, 2.24) is 3.33 Å². The first-order chi connectivity index (χ1) is 6.04. The lowest BCUT2D eigenvalue weighted by Crippen LogP contribution is -2.25. The van der Waals surface area contributed by atoms with Gasteiger partial charge in [-0.05, 0) is 6.42 Å². The summed E-state index contributed by atoms with van der Waals surface area (Å²) in [4.78, 5) is 0. The second-order valence-electron chi connectivity index (χ2n) is 2.72. The highest BCUT2D eigenvalue weighted by molar-refractivity contribution is 9.08. The maximum absolute atomic E-state index is 11.3. The molecule has 0 aromatic rings. The number of sulfonamides is 1. The van der Waals surface area contributed by atoms with Crippen LogP contribution in [0.2, 0.25) is 0 Å². The van der Waals surface area contributed by atoms with E-state index >= 15 is 0 Å². The van der Waals surface area contributed by atoms with Gasteiger partial charge in [-0.25, -0.2) is 8.42 Å². The van der Waals surface area contributed by atoms with E-state index in [-0.39, 0.29) is 11.6 Å². The van der Waals surface area contributed by atoms with Crippen molar-refractivity contribution in [2.75, 3.05) is 18.2 Å². The highest BCUT2D eigenvalue weighted by atomic mass is 79.9. The maximum Gasteiger partial charge on any atom is 0.224 e. The van der Waals surface area contributed by atoms with Crippen molar-refractivity contribution in [3.8, 4) is 0 Å². The summed E-state index contributed by atoms with van der Waals surface area (Å²) < 4.78 is 23.8. The van der Waals surface area contributed by atoms with Crippen molar-refractivity contribution in [3.63, 3.8) is 0 Å². The van der Waals surface area contributed by atoms with Crippen LogP contribution in [0.15, 0.2) is 0 Å². The third kappa shape index (κ3) is 5.88. The highest BCUT2D eigenvalue weighted by Crippen LogP contribution is 2.10. The summed E-state index contributed by atoms with van der Waals surface area (Å²) in [6.45, 7) is 2.60. The monoisotopic (exact) mass is 291 g/mol. The Morgan fingerprint density at radius 2 is 2.00 bits per heavy atom. The van der Waals surface area contributed by atoms with E-state index in [0.29, 0.717) is 6.54 Å². The van der Waals surface area contributed by atoms with Gasteiger partial charge < -0.3 is 0 Å². The molecule has 0 bridgehead atoms. The smallest absolute Gasteiger partial charge is 0.211 e. The van der Waals surface area contributed by atoms with E-state index in [9.17, 15) is 8.42 Å². The van der Waals surface area contributed by atoms with Crippen molar-refractivity contribution in [2.24, 2.45) is 0 Å². The van der Waals surface area contributed by atoms with Crippen LogP contribution in [0, 0.1) is 0 Å². The molecule has 0 fully saturated rings. The minimum Gasteiger partial charge on any atom is -0.211 e. The average molecular weight is 293 g/mol. The summed E-state index contributed by atoms with van der Waals surface area (Å²) in [7, 11) is -3.17. The van der Waals surface area contributed by atoms with Gasteiger partial charge in [-0.3, -0.25) is 0 Å². The zero-order valence-electron chi connectivity index (χ0n) is 7.67. The highest BCUT2D eigenvalue weighted by Gasteiger charge is 2.17. The quantitative estimate of drug-likeness (QED) is 0.410. The molecule has 0 atom stereocenters. The molecule has 0 saturated heterocycles. The van der Waals surface area contributed by atoms with Crippen LogP contribution in [0.25, 0.3) is 0 Å². The molecule has 6 heteroatoms. The summed E-state index contributed by atoms with van der Waals surface area (Å²) >= 11 is 8.38. The predicted octanol–water partition coefficient (Wildman–Crippen LogP) is 2.36. The number of hydrogen-bond acceptors (Lipinski definition) is 2. The standard InChI is InChI=1S/C7H15BrClNO2S/c1-2-3-4-6-10(8)13(11,12)7-5-9/h2-7H2,1H3. The Morgan fingerprint density at radius 1 is 1.38 bits per heavy atom. The third-order valence-corrected chi connectivity index (χ3v) is 5.17. The van der Waals surface area contributed by atoms with Gasteiger partial charge >= 0.3 is 0 Å². The molecule has 0 aliphatic heterocycles. The predicted molar refractivity (Wildman–Crippen MR) is 59.7 cm³/mol. The summed E-state index contributed by atoms with van der Waals surface area (Å²) in [6, 6.07) is 0. The molecule has 0 aromatic carbocycles. The Hall–Kier alpha value is 0.680. The molecule has 0 rings (SSSR count). The Bertz CT molecular complexity index is 221. The lowest BCUT2D eigenvalue weighted by atomic mass is 10.3. The number of unbranched alkanes of at least 4 members (excludes halogenated alkanes) is 2. The van der Waals surface area contributed by atoms with Gasteiger partial charge in [-0.1, -0.05) is 19.8 Å². The molecule has 13 heavy (non-hydrogen) atoms. The second kappa shape index (κ2) is 7.04. The molecule has 0 amide bonds. The Morgan fingerprint density at radius 3 is 2.46 bits per heavy atom. The molecule has 0 aliphatic carbocycles. The molecule has 0 N–H and O–H groups in total. The molecule has 0 radical (unpaired) electrons. The molecule has 0 spiro atoms. The fraction of sp³-hybridized carbons (Fsp3) is 1.00. The average Bonchev–Trinajstić information content (AvgIpc) is 2.04. The fourth-order valence-electron chi connectivity index (χ4n) is 0.822. The fourth-order valence-corrected chi connectivity index (χ4v) is 2.89. The van der Waals surface area contributed by atoms with Crippen molar-refractivity contribution >= 4 is 37.8 Å². The van der Waals surface area contributed by atoms with Gasteiger partial charge in [0, 0.05) is 28.6 Å². The number of nitrogens with zero attached hydrogens (tertiary/aromatic N) is 1. The van der Waals surface area contributed by atoms with Crippen molar-refractivity contribution in [1.29, 1.82) is 0 Å². The van der Waals surface area contributed by atoms with Crippen LogP contribution in [0.3, 0.4) is 0 Å². The van der Waals surface area contributed by atoms with E-state index in [2.05, 4.69) is 23.1 Å². The summed E-state index contributed by atoms with van der Waals surface area (Å²) in [6.07, 6.45) is 3.00. The van der Waals surface area contributed by atoms with Crippen LogP contribution >= 0.6 is 27.7 Å². The molecule has 0 aliphatic rings. The van der Waals surface area contributed by atoms with Crippen LogP contribution in [-0.4, -0.2) is 29.9 Å². The van der Waals surface area contributed by atoms with Crippen LogP contribution in [0.4, 0.5) is 0 Å². The zero-order chi connectivity index (χ0) is 10.3. The first-order valence-electron chi connectivity index (χ1n) is 4.26. The van der Waals surface area contributed by atoms with E-state index in [1.165, 1.54) is 3.33 Å². The van der Waals surface area contributed by atoms with Gasteiger partial charge in [-0.15, -0.1) is 14.9 Å². The zero-order valence-corrected chi connectivity index (χ0v) is 10.8. The second-order valence-corrected chi connectivity index (χ2v) is 6.44.